The Labute approximate surface area is 167 Å². The Balaban J connectivity index is 1.68. The highest BCUT2D eigenvalue weighted by Gasteiger charge is 2.29. The van der Waals surface area contributed by atoms with E-state index >= 15 is 0 Å². The average molecular weight is 408 g/mol. The molecule has 0 bridgehead atoms. The van der Waals surface area contributed by atoms with Gasteiger partial charge in [0.25, 0.3) is 5.91 Å². The Hall–Kier alpha value is -1.93. The molecule has 0 aromatic heterocycles. The summed E-state index contributed by atoms with van der Waals surface area (Å²) in [7, 11) is -3.73. The van der Waals surface area contributed by atoms with Gasteiger partial charge in [0.05, 0.1) is 11.4 Å². The third-order valence-corrected chi connectivity index (χ3v) is 7.43. The van der Waals surface area contributed by atoms with E-state index in [9.17, 15) is 18.0 Å². The molecular weight excluding hydrogens is 378 g/mol. The fourth-order valence-corrected chi connectivity index (χ4v) is 5.38. The highest BCUT2D eigenvalue weighted by Crippen LogP contribution is 2.23. The van der Waals surface area contributed by atoms with Gasteiger partial charge in [-0.1, -0.05) is 19.8 Å². The summed E-state index contributed by atoms with van der Waals surface area (Å²) in [5, 5.41) is 2.62. The van der Waals surface area contributed by atoms with E-state index in [-0.39, 0.29) is 29.8 Å². The summed E-state index contributed by atoms with van der Waals surface area (Å²) < 4.78 is 26.6. The molecule has 0 spiro atoms. The van der Waals surface area contributed by atoms with Crippen molar-refractivity contribution in [3.8, 4) is 0 Å². The van der Waals surface area contributed by atoms with Gasteiger partial charge in [-0.15, -0.1) is 0 Å². The van der Waals surface area contributed by atoms with Gasteiger partial charge in [0, 0.05) is 31.7 Å². The first-order chi connectivity index (χ1) is 13.4. The minimum atomic E-state index is -3.73. The summed E-state index contributed by atoms with van der Waals surface area (Å²) in [5.74, 6) is 0.347. The van der Waals surface area contributed by atoms with Crippen LogP contribution in [0, 0.1) is 5.92 Å². The standard InChI is InChI=1S/C20H29N3O4S/c1-2-4-16-5-3-12-22(13-10-16)20(25)17-6-8-18(9-7-17)28(26,27)23-14-11-21-19(24)15-23/h6-9,16H,2-5,10-15H2,1H3,(H,21,24). The first kappa shape index (κ1) is 20.8. The first-order valence-corrected chi connectivity index (χ1v) is 11.5. The fraction of sp³-hybridized carbons (Fsp3) is 0.600. The van der Waals surface area contributed by atoms with Gasteiger partial charge in [-0.05, 0) is 49.4 Å². The molecule has 8 heteroatoms. The van der Waals surface area contributed by atoms with Crippen LogP contribution in [0.4, 0.5) is 0 Å². The lowest BCUT2D eigenvalue weighted by molar-refractivity contribution is -0.122. The number of benzene rings is 1. The Morgan fingerprint density at radius 3 is 2.57 bits per heavy atom. The Bertz CT molecular complexity index is 807. The van der Waals surface area contributed by atoms with E-state index in [1.165, 1.54) is 29.3 Å². The maximum atomic E-state index is 12.8. The van der Waals surface area contributed by atoms with Crippen LogP contribution in [0.1, 0.15) is 49.4 Å². The second-order valence-corrected chi connectivity index (χ2v) is 9.53. The van der Waals surface area contributed by atoms with Crippen molar-refractivity contribution in [1.82, 2.24) is 14.5 Å². The largest absolute Gasteiger partial charge is 0.354 e. The van der Waals surface area contributed by atoms with Crippen molar-refractivity contribution in [3.63, 3.8) is 0 Å². The van der Waals surface area contributed by atoms with Gasteiger partial charge < -0.3 is 10.2 Å². The number of hydrogen-bond donors (Lipinski definition) is 1. The summed E-state index contributed by atoms with van der Waals surface area (Å²) >= 11 is 0. The van der Waals surface area contributed by atoms with E-state index in [2.05, 4.69) is 12.2 Å². The molecule has 0 aliphatic carbocycles. The molecule has 1 N–H and O–H groups in total. The fourth-order valence-electron chi connectivity index (χ4n) is 3.99. The number of likely N-dealkylation sites (tertiary alicyclic amines) is 1. The number of hydrogen-bond acceptors (Lipinski definition) is 4. The number of nitrogens with zero attached hydrogens (tertiary/aromatic N) is 2. The summed E-state index contributed by atoms with van der Waals surface area (Å²) in [4.78, 5) is 26.3. The van der Waals surface area contributed by atoms with Crippen molar-refractivity contribution >= 4 is 21.8 Å². The molecule has 0 saturated carbocycles. The Kier molecular flexibility index (Phi) is 6.72. The van der Waals surface area contributed by atoms with Crippen LogP contribution in [0.3, 0.4) is 0 Å². The first-order valence-electron chi connectivity index (χ1n) is 10.1. The predicted molar refractivity (Wildman–Crippen MR) is 106 cm³/mol. The third-order valence-electron chi connectivity index (χ3n) is 5.57. The molecule has 2 aliphatic rings. The van der Waals surface area contributed by atoms with Gasteiger partial charge in [-0.3, -0.25) is 9.59 Å². The number of piperazine rings is 1. The van der Waals surface area contributed by atoms with E-state index in [4.69, 9.17) is 0 Å². The lowest BCUT2D eigenvalue weighted by Gasteiger charge is -2.26. The number of nitrogens with one attached hydrogen (secondary N) is 1. The van der Waals surface area contributed by atoms with Crippen LogP contribution >= 0.6 is 0 Å². The van der Waals surface area contributed by atoms with Crippen molar-refractivity contribution in [2.45, 2.75) is 43.9 Å². The second-order valence-electron chi connectivity index (χ2n) is 7.59. The van der Waals surface area contributed by atoms with Crippen LogP contribution in [-0.2, 0) is 14.8 Å². The third kappa shape index (κ3) is 4.72. The molecule has 3 rings (SSSR count). The van der Waals surface area contributed by atoms with E-state index < -0.39 is 10.0 Å². The van der Waals surface area contributed by atoms with Gasteiger partial charge in [0.1, 0.15) is 0 Å². The highest BCUT2D eigenvalue weighted by molar-refractivity contribution is 7.89. The summed E-state index contributed by atoms with van der Waals surface area (Å²) in [6.07, 6.45) is 5.59. The molecule has 2 aliphatic heterocycles. The molecule has 2 fully saturated rings. The van der Waals surface area contributed by atoms with Crippen molar-refractivity contribution in [3.05, 3.63) is 29.8 Å². The highest BCUT2D eigenvalue weighted by atomic mass is 32.2. The normalized spacial score (nSPS) is 21.8. The molecule has 1 atom stereocenters. The van der Waals surface area contributed by atoms with E-state index in [1.807, 2.05) is 4.90 Å². The van der Waals surface area contributed by atoms with Gasteiger partial charge in [0.2, 0.25) is 15.9 Å². The zero-order valence-corrected chi connectivity index (χ0v) is 17.2. The maximum Gasteiger partial charge on any atom is 0.253 e. The predicted octanol–water partition coefficient (Wildman–Crippen LogP) is 1.85. The molecule has 2 amide bonds. The summed E-state index contributed by atoms with van der Waals surface area (Å²) in [5.41, 5.74) is 0.504. The minimum Gasteiger partial charge on any atom is -0.354 e. The number of rotatable bonds is 5. The average Bonchev–Trinajstić information content (AvgIpc) is 2.93. The number of carbonyl (C=O) groups is 2. The van der Waals surface area contributed by atoms with Gasteiger partial charge in [-0.2, -0.15) is 4.31 Å². The van der Waals surface area contributed by atoms with Crippen LogP contribution in [0.2, 0.25) is 0 Å². The number of amides is 2. The monoisotopic (exact) mass is 407 g/mol. The van der Waals surface area contributed by atoms with Crippen molar-refractivity contribution in [2.24, 2.45) is 5.92 Å². The molecular formula is C20H29N3O4S. The molecule has 1 aromatic rings. The second kappa shape index (κ2) is 9.05. The van der Waals surface area contributed by atoms with Gasteiger partial charge >= 0.3 is 0 Å². The van der Waals surface area contributed by atoms with E-state index in [0.29, 0.717) is 18.0 Å². The maximum absolute atomic E-state index is 12.8. The van der Waals surface area contributed by atoms with Crippen LogP contribution in [0.25, 0.3) is 0 Å². The molecule has 7 nitrogen and oxygen atoms in total. The molecule has 1 unspecified atom stereocenters. The van der Waals surface area contributed by atoms with Crippen molar-refractivity contribution in [1.29, 1.82) is 0 Å². The van der Waals surface area contributed by atoms with Gasteiger partial charge in [-0.25, -0.2) is 8.42 Å². The lowest BCUT2D eigenvalue weighted by atomic mass is 9.96. The SMILES string of the molecule is CCCC1CCCN(C(=O)c2ccc(S(=O)(=O)N3CCNC(=O)C3)cc2)CC1. The van der Waals surface area contributed by atoms with Gasteiger partial charge in [0.15, 0.2) is 0 Å². The molecule has 154 valence electrons. The zero-order valence-electron chi connectivity index (χ0n) is 16.4. The van der Waals surface area contributed by atoms with Crippen LogP contribution in [-0.4, -0.2) is 62.2 Å². The Morgan fingerprint density at radius 1 is 1.14 bits per heavy atom. The molecule has 2 heterocycles. The number of sulfonamides is 1. The topological polar surface area (TPSA) is 86.8 Å². The van der Waals surface area contributed by atoms with Crippen LogP contribution in [0.15, 0.2) is 29.2 Å². The smallest absolute Gasteiger partial charge is 0.253 e. The minimum absolute atomic E-state index is 0.0431. The van der Waals surface area contributed by atoms with Crippen LogP contribution < -0.4 is 5.32 Å². The number of carbonyl (C=O) groups excluding carboxylic acids is 2. The summed E-state index contributed by atoms with van der Waals surface area (Å²) in [6, 6.07) is 6.08. The van der Waals surface area contributed by atoms with E-state index in [1.54, 1.807) is 12.1 Å². The van der Waals surface area contributed by atoms with Crippen molar-refractivity contribution in [2.75, 3.05) is 32.7 Å². The summed E-state index contributed by atoms with van der Waals surface area (Å²) in [6.45, 7) is 4.09. The molecule has 2 saturated heterocycles. The Morgan fingerprint density at radius 2 is 1.89 bits per heavy atom. The zero-order chi connectivity index (χ0) is 20.1. The molecule has 0 radical (unpaired) electrons. The van der Waals surface area contributed by atoms with E-state index in [0.717, 1.165) is 32.4 Å². The lowest BCUT2D eigenvalue weighted by Crippen LogP contribution is -2.49. The quantitative estimate of drug-likeness (QED) is 0.807. The molecule has 1 aromatic carbocycles. The van der Waals surface area contributed by atoms with Crippen LogP contribution in [0.5, 0.6) is 0 Å². The molecule has 28 heavy (non-hydrogen) atoms. The van der Waals surface area contributed by atoms with Crippen molar-refractivity contribution < 1.29 is 18.0 Å².